The number of nitrogens with zero attached hydrogens (tertiary/aromatic N) is 2. The second-order valence-corrected chi connectivity index (χ2v) is 8.58. The van der Waals surface area contributed by atoms with Crippen LogP contribution in [0.2, 0.25) is 0 Å². The number of phenolic OH excluding ortho intramolecular Hbond substituents is 1. The van der Waals surface area contributed by atoms with E-state index in [4.69, 9.17) is 0 Å². The summed E-state index contributed by atoms with van der Waals surface area (Å²) in [5.41, 5.74) is 3.29. The molecule has 34 heavy (non-hydrogen) atoms. The van der Waals surface area contributed by atoms with Crippen LogP contribution >= 0.6 is 0 Å². The molecule has 0 unspecified atom stereocenters. The highest BCUT2D eigenvalue weighted by molar-refractivity contribution is 5.97. The Morgan fingerprint density at radius 1 is 1.09 bits per heavy atom. The van der Waals surface area contributed by atoms with Crippen molar-refractivity contribution in [3.8, 4) is 23.3 Å². The average Bonchev–Trinajstić information content (AvgIpc) is 2.81. The molecule has 168 valence electrons. The highest BCUT2D eigenvalue weighted by Gasteiger charge is 2.23. The minimum absolute atomic E-state index is 0.100. The number of phenols is 1. The predicted octanol–water partition coefficient (Wildman–Crippen LogP) is 4.08. The van der Waals surface area contributed by atoms with Gasteiger partial charge in [0.05, 0.1) is 5.39 Å². The van der Waals surface area contributed by atoms with Crippen molar-refractivity contribution in [3.63, 3.8) is 0 Å². The summed E-state index contributed by atoms with van der Waals surface area (Å²) in [6.07, 6.45) is 6.25. The van der Waals surface area contributed by atoms with Crippen molar-refractivity contribution in [1.82, 2.24) is 14.9 Å². The lowest BCUT2D eigenvalue weighted by Crippen LogP contribution is -2.41. The third-order valence-electron chi connectivity index (χ3n) is 5.99. The second-order valence-electron chi connectivity index (χ2n) is 8.58. The van der Waals surface area contributed by atoms with Crippen LogP contribution in [0.25, 0.3) is 16.7 Å². The number of aromatic hydroxyl groups is 1. The molecule has 6 nitrogen and oxygen atoms in total. The zero-order valence-electron chi connectivity index (χ0n) is 18.7. The number of fused-ring (bicyclic) bond motifs is 1. The number of benzene rings is 2. The minimum Gasteiger partial charge on any atom is -0.508 e. The van der Waals surface area contributed by atoms with E-state index in [0.29, 0.717) is 16.6 Å². The van der Waals surface area contributed by atoms with E-state index < -0.39 is 0 Å². The molecule has 4 aromatic rings. The van der Waals surface area contributed by atoms with Gasteiger partial charge in [0.15, 0.2) is 0 Å². The van der Waals surface area contributed by atoms with Gasteiger partial charge in [-0.2, -0.15) is 0 Å². The van der Waals surface area contributed by atoms with E-state index in [1.165, 1.54) is 0 Å². The second kappa shape index (κ2) is 8.87. The lowest BCUT2D eigenvalue weighted by molar-refractivity contribution is 0.0915. The van der Waals surface area contributed by atoms with E-state index in [1.807, 2.05) is 37.3 Å². The van der Waals surface area contributed by atoms with Crippen molar-refractivity contribution in [1.29, 1.82) is 0 Å². The van der Waals surface area contributed by atoms with Crippen molar-refractivity contribution in [2.45, 2.75) is 32.2 Å². The van der Waals surface area contributed by atoms with Crippen molar-refractivity contribution in [2.75, 3.05) is 0 Å². The molecule has 1 amide bonds. The third kappa shape index (κ3) is 4.28. The standard InChI is InChI=1S/C28H23N3O3/c1-18-13-24-26(33)25(28(34)30-21-7-4-8-21)17-31(27(24)29-16-18)22-9-2-5-19(14-22)11-12-20-6-3-10-23(32)15-20/h2-3,5-6,9-10,13-17,21,32H,4,7-8H2,1H3,(H,30,34). The monoisotopic (exact) mass is 449 g/mol. The van der Waals surface area contributed by atoms with Crippen LogP contribution in [-0.4, -0.2) is 26.6 Å². The molecule has 0 atom stereocenters. The zero-order chi connectivity index (χ0) is 23.7. The molecule has 1 aliphatic rings. The summed E-state index contributed by atoms with van der Waals surface area (Å²) in [4.78, 5) is 30.6. The molecular formula is C28H23N3O3. The van der Waals surface area contributed by atoms with Gasteiger partial charge in [-0.3, -0.25) is 9.59 Å². The lowest BCUT2D eigenvalue weighted by Gasteiger charge is -2.26. The number of pyridine rings is 2. The number of amides is 1. The van der Waals surface area contributed by atoms with E-state index in [0.717, 1.165) is 36.1 Å². The summed E-state index contributed by atoms with van der Waals surface area (Å²) in [7, 11) is 0. The number of hydrogen-bond donors (Lipinski definition) is 2. The van der Waals surface area contributed by atoms with Crippen LogP contribution in [0.3, 0.4) is 0 Å². The third-order valence-corrected chi connectivity index (χ3v) is 5.99. The fraction of sp³-hybridized carbons (Fsp3) is 0.179. The Morgan fingerprint density at radius 2 is 1.82 bits per heavy atom. The Labute approximate surface area is 196 Å². The first-order chi connectivity index (χ1) is 16.5. The summed E-state index contributed by atoms with van der Waals surface area (Å²) in [6.45, 7) is 1.87. The highest BCUT2D eigenvalue weighted by atomic mass is 16.3. The fourth-order valence-electron chi connectivity index (χ4n) is 3.95. The topological polar surface area (TPSA) is 84.2 Å². The molecule has 2 N–H and O–H groups in total. The van der Waals surface area contributed by atoms with Gasteiger partial charge in [-0.05, 0) is 74.2 Å². The fourth-order valence-corrected chi connectivity index (χ4v) is 3.95. The van der Waals surface area contributed by atoms with E-state index in [9.17, 15) is 14.7 Å². The molecule has 2 aromatic carbocycles. The van der Waals surface area contributed by atoms with Crippen LogP contribution in [0, 0.1) is 18.8 Å². The van der Waals surface area contributed by atoms with Gasteiger partial charge < -0.3 is 15.0 Å². The number of rotatable bonds is 3. The predicted molar refractivity (Wildman–Crippen MR) is 131 cm³/mol. The maximum Gasteiger partial charge on any atom is 0.257 e. The van der Waals surface area contributed by atoms with Crippen molar-refractivity contribution in [3.05, 3.63) is 99.5 Å². The number of nitrogens with one attached hydrogen (secondary N) is 1. The Kier molecular flexibility index (Phi) is 5.60. The molecule has 2 heterocycles. The molecule has 6 heteroatoms. The minimum atomic E-state index is -0.355. The molecule has 0 saturated heterocycles. The van der Waals surface area contributed by atoms with Gasteiger partial charge in [0.25, 0.3) is 5.91 Å². The molecule has 5 rings (SSSR count). The van der Waals surface area contributed by atoms with Crippen LogP contribution in [0.15, 0.2) is 71.8 Å². The Bertz CT molecular complexity index is 1540. The average molecular weight is 450 g/mol. The normalized spacial score (nSPS) is 13.1. The van der Waals surface area contributed by atoms with Crippen LogP contribution in [0.5, 0.6) is 5.75 Å². The molecule has 2 aromatic heterocycles. The van der Waals surface area contributed by atoms with Gasteiger partial charge in [0.2, 0.25) is 5.43 Å². The lowest BCUT2D eigenvalue weighted by atomic mass is 9.93. The van der Waals surface area contributed by atoms with E-state index in [-0.39, 0.29) is 28.7 Å². The van der Waals surface area contributed by atoms with Crippen LogP contribution in [0.1, 0.15) is 46.3 Å². The van der Waals surface area contributed by atoms with Gasteiger partial charge in [-0.1, -0.05) is 24.0 Å². The van der Waals surface area contributed by atoms with Gasteiger partial charge >= 0.3 is 0 Å². The molecule has 0 bridgehead atoms. The molecule has 0 spiro atoms. The highest BCUT2D eigenvalue weighted by Crippen LogP contribution is 2.21. The first-order valence-corrected chi connectivity index (χ1v) is 11.2. The first kappa shape index (κ1) is 21.5. The number of hydrogen-bond acceptors (Lipinski definition) is 4. The first-order valence-electron chi connectivity index (χ1n) is 11.2. The summed E-state index contributed by atoms with van der Waals surface area (Å²) in [5.74, 6) is 5.97. The summed E-state index contributed by atoms with van der Waals surface area (Å²) < 4.78 is 1.77. The number of carbonyl (C=O) groups excluding carboxylic acids is 1. The maximum absolute atomic E-state index is 13.2. The Balaban J connectivity index is 1.60. The van der Waals surface area contributed by atoms with Gasteiger partial charge in [0.1, 0.15) is 17.0 Å². The van der Waals surface area contributed by atoms with Crippen LogP contribution in [0.4, 0.5) is 0 Å². The Hall–Kier alpha value is -4.37. The zero-order valence-corrected chi connectivity index (χ0v) is 18.7. The molecule has 0 aliphatic heterocycles. The molecule has 1 saturated carbocycles. The summed E-state index contributed by atoms with van der Waals surface area (Å²) in [6, 6.07) is 16.2. The molecule has 1 aliphatic carbocycles. The van der Waals surface area contributed by atoms with E-state index in [1.54, 1.807) is 41.2 Å². The van der Waals surface area contributed by atoms with Crippen LogP contribution in [-0.2, 0) is 0 Å². The molecule has 1 fully saturated rings. The van der Waals surface area contributed by atoms with E-state index in [2.05, 4.69) is 22.1 Å². The summed E-state index contributed by atoms with van der Waals surface area (Å²) in [5, 5.41) is 13.0. The molecule has 0 radical (unpaired) electrons. The van der Waals surface area contributed by atoms with Crippen LogP contribution < -0.4 is 10.7 Å². The SMILES string of the molecule is Cc1cnc2c(c1)c(=O)c(C(=O)NC1CCC1)cn2-c1cccc(C#Cc2cccc(O)c2)c1. The smallest absolute Gasteiger partial charge is 0.257 e. The van der Waals surface area contributed by atoms with E-state index >= 15 is 0 Å². The quantitative estimate of drug-likeness (QED) is 0.462. The number of carbonyl (C=O) groups is 1. The van der Waals surface area contributed by atoms with Crippen molar-refractivity contribution in [2.24, 2.45) is 0 Å². The molecular weight excluding hydrogens is 426 g/mol. The van der Waals surface area contributed by atoms with Crippen molar-refractivity contribution < 1.29 is 9.90 Å². The maximum atomic E-state index is 13.2. The van der Waals surface area contributed by atoms with Gasteiger partial charge in [-0.25, -0.2) is 4.98 Å². The van der Waals surface area contributed by atoms with Gasteiger partial charge in [-0.15, -0.1) is 0 Å². The van der Waals surface area contributed by atoms with Gasteiger partial charge in [0, 0.05) is 35.2 Å². The largest absolute Gasteiger partial charge is 0.508 e. The van der Waals surface area contributed by atoms with Crippen molar-refractivity contribution >= 4 is 16.9 Å². The Morgan fingerprint density at radius 3 is 2.53 bits per heavy atom. The number of aryl methyl sites for hydroxylation is 1. The number of aromatic nitrogens is 2. The summed E-state index contributed by atoms with van der Waals surface area (Å²) >= 11 is 0.